The molecule has 4 rings (SSSR count). The van der Waals surface area contributed by atoms with E-state index in [1.165, 1.54) is 17.4 Å². The molecule has 0 saturated carbocycles. The SMILES string of the molecule is COc1ccc(O)c(CN2CCC(C(Cc3ccccc3F)N(C)C(=O)c3ccsc3)CC2)c1. The number of amides is 1. The monoisotopic (exact) mass is 482 g/mol. The molecule has 1 saturated heterocycles. The number of halogens is 1. The molecule has 1 atom stereocenters. The highest BCUT2D eigenvalue weighted by Gasteiger charge is 2.32. The number of likely N-dealkylation sites (N-methyl/N-ethyl adjacent to an activating group) is 1. The van der Waals surface area contributed by atoms with Gasteiger partial charge in [-0.05, 0) is 79.5 Å². The number of carbonyl (C=O) groups is 1. The fraction of sp³-hybridized carbons (Fsp3) is 0.370. The number of hydrogen-bond acceptors (Lipinski definition) is 5. The lowest BCUT2D eigenvalue weighted by molar-refractivity contribution is 0.0583. The van der Waals surface area contributed by atoms with Gasteiger partial charge in [-0.3, -0.25) is 9.69 Å². The summed E-state index contributed by atoms with van der Waals surface area (Å²) in [5, 5.41) is 14.0. The number of carbonyl (C=O) groups excluding carboxylic acids is 1. The fourth-order valence-electron chi connectivity index (χ4n) is 4.80. The Kier molecular flexibility index (Phi) is 7.85. The Balaban J connectivity index is 1.47. The predicted molar refractivity (Wildman–Crippen MR) is 133 cm³/mol. The third-order valence-electron chi connectivity index (χ3n) is 6.83. The minimum atomic E-state index is -0.227. The van der Waals surface area contributed by atoms with E-state index in [9.17, 15) is 14.3 Å². The van der Waals surface area contributed by atoms with E-state index in [2.05, 4.69) is 4.90 Å². The van der Waals surface area contributed by atoms with Crippen LogP contribution in [0.3, 0.4) is 0 Å². The summed E-state index contributed by atoms with van der Waals surface area (Å²) in [6.07, 6.45) is 2.27. The molecule has 1 amide bonds. The molecule has 1 unspecified atom stereocenters. The van der Waals surface area contributed by atoms with Crippen molar-refractivity contribution in [3.8, 4) is 11.5 Å². The molecule has 180 valence electrons. The Morgan fingerprint density at radius 3 is 2.65 bits per heavy atom. The molecule has 34 heavy (non-hydrogen) atoms. The van der Waals surface area contributed by atoms with Crippen molar-refractivity contribution in [1.29, 1.82) is 0 Å². The van der Waals surface area contributed by atoms with Gasteiger partial charge in [0.25, 0.3) is 5.91 Å². The number of piperidine rings is 1. The van der Waals surface area contributed by atoms with Crippen molar-refractivity contribution in [3.05, 3.63) is 81.8 Å². The second-order valence-electron chi connectivity index (χ2n) is 8.90. The van der Waals surface area contributed by atoms with Crippen LogP contribution in [-0.4, -0.2) is 54.1 Å². The fourth-order valence-corrected chi connectivity index (χ4v) is 5.43. The molecule has 2 aromatic carbocycles. The number of phenols is 1. The third kappa shape index (κ3) is 5.59. The van der Waals surface area contributed by atoms with E-state index in [1.807, 2.05) is 47.0 Å². The Labute approximate surface area is 204 Å². The largest absolute Gasteiger partial charge is 0.508 e. The van der Waals surface area contributed by atoms with Gasteiger partial charge in [-0.2, -0.15) is 11.3 Å². The van der Waals surface area contributed by atoms with Gasteiger partial charge in [-0.1, -0.05) is 18.2 Å². The second-order valence-corrected chi connectivity index (χ2v) is 9.68. The number of ether oxygens (including phenoxy) is 1. The Morgan fingerprint density at radius 2 is 1.97 bits per heavy atom. The quantitative estimate of drug-likeness (QED) is 0.480. The first kappa shape index (κ1) is 24.2. The van der Waals surface area contributed by atoms with Crippen LogP contribution in [0.4, 0.5) is 4.39 Å². The van der Waals surface area contributed by atoms with E-state index in [0.29, 0.717) is 24.1 Å². The molecule has 0 spiro atoms. The lowest BCUT2D eigenvalue weighted by Crippen LogP contribution is -2.47. The van der Waals surface area contributed by atoms with Crippen LogP contribution < -0.4 is 4.74 Å². The van der Waals surface area contributed by atoms with Crippen LogP contribution in [0.15, 0.2) is 59.3 Å². The molecule has 5 nitrogen and oxygen atoms in total. The molecule has 0 aliphatic carbocycles. The number of nitrogens with zero attached hydrogens (tertiary/aromatic N) is 2. The van der Waals surface area contributed by atoms with E-state index in [-0.39, 0.29) is 29.4 Å². The smallest absolute Gasteiger partial charge is 0.254 e. The van der Waals surface area contributed by atoms with Crippen LogP contribution in [0, 0.1) is 11.7 Å². The van der Waals surface area contributed by atoms with E-state index in [4.69, 9.17) is 4.74 Å². The Morgan fingerprint density at radius 1 is 1.21 bits per heavy atom. The average molecular weight is 483 g/mol. The summed E-state index contributed by atoms with van der Waals surface area (Å²) >= 11 is 1.50. The number of benzene rings is 2. The zero-order valence-corrected chi connectivity index (χ0v) is 20.4. The van der Waals surface area contributed by atoms with Gasteiger partial charge in [0, 0.05) is 30.6 Å². The minimum Gasteiger partial charge on any atom is -0.508 e. The van der Waals surface area contributed by atoms with Crippen molar-refractivity contribution in [3.63, 3.8) is 0 Å². The zero-order valence-electron chi connectivity index (χ0n) is 19.6. The molecule has 3 aromatic rings. The highest BCUT2D eigenvalue weighted by molar-refractivity contribution is 7.08. The van der Waals surface area contributed by atoms with Crippen LogP contribution in [0.5, 0.6) is 11.5 Å². The molecule has 1 aromatic heterocycles. The van der Waals surface area contributed by atoms with E-state index in [1.54, 1.807) is 25.3 Å². The first-order valence-corrected chi connectivity index (χ1v) is 12.5. The van der Waals surface area contributed by atoms with Crippen molar-refractivity contribution in [2.24, 2.45) is 5.92 Å². The summed E-state index contributed by atoms with van der Waals surface area (Å²) in [5.74, 6) is 0.992. The summed E-state index contributed by atoms with van der Waals surface area (Å²) in [7, 11) is 3.46. The molecular weight excluding hydrogens is 451 g/mol. The molecule has 1 aliphatic heterocycles. The maximum atomic E-state index is 14.5. The van der Waals surface area contributed by atoms with E-state index < -0.39 is 0 Å². The highest BCUT2D eigenvalue weighted by atomic mass is 32.1. The minimum absolute atomic E-state index is 0.0219. The maximum Gasteiger partial charge on any atom is 0.254 e. The standard InChI is InChI=1S/C27H31FN2O3S/c1-29(27(32)21-11-14-34-18-21)25(16-20-5-3-4-6-24(20)28)19-9-12-30(13-10-19)17-22-15-23(33-2)7-8-26(22)31/h3-8,11,14-15,18-19,25,31H,9-10,12-13,16-17H2,1-2H3. The van der Waals surface area contributed by atoms with Crippen molar-refractivity contribution in [2.45, 2.75) is 31.8 Å². The number of hydrogen-bond donors (Lipinski definition) is 1. The van der Waals surface area contributed by atoms with Gasteiger partial charge in [-0.15, -0.1) is 0 Å². The van der Waals surface area contributed by atoms with Gasteiger partial charge in [0.1, 0.15) is 17.3 Å². The number of likely N-dealkylation sites (tertiary alicyclic amines) is 1. The first-order valence-electron chi connectivity index (χ1n) is 11.6. The summed E-state index contributed by atoms with van der Waals surface area (Å²) in [6.45, 7) is 2.32. The van der Waals surface area contributed by atoms with Gasteiger partial charge < -0.3 is 14.7 Å². The number of phenolic OH excluding ortho intramolecular Hbond substituents is 1. The van der Waals surface area contributed by atoms with Gasteiger partial charge >= 0.3 is 0 Å². The summed E-state index contributed by atoms with van der Waals surface area (Å²) in [5.41, 5.74) is 2.16. The molecule has 1 fully saturated rings. The Hall–Kier alpha value is -2.90. The average Bonchev–Trinajstić information content (AvgIpc) is 3.40. The van der Waals surface area contributed by atoms with Crippen molar-refractivity contribution < 1.29 is 19.0 Å². The second kappa shape index (κ2) is 11.0. The van der Waals surface area contributed by atoms with Gasteiger partial charge in [0.2, 0.25) is 0 Å². The van der Waals surface area contributed by atoms with Crippen molar-refractivity contribution >= 4 is 17.2 Å². The molecule has 1 aliphatic rings. The summed E-state index contributed by atoms with van der Waals surface area (Å²) < 4.78 is 19.8. The Bertz CT molecular complexity index is 1100. The number of thiophene rings is 1. The van der Waals surface area contributed by atoms with Crippen molar-refractivity contribution in [2.75, 3.05) is 27.2 Å². The van der Waals surface area contributed by atoms with E-state index in [0.717, 1.165) is 37.2 Å². The lowest BCUT2D eigenvalue weighted by atomic mass is 9.84. The highest BCUT2D eigenvalue weighted by Crippen LogP contribution is 2.30. The zero-order chi connectivity index (χ0) is 24.1. The molecular formula is C27H31FN2O3S. The van der Waals surface area contributed by atoms with Gasteiger partial charge in [0.05, 0.1) is 12.7 Å². The topological polar surface area (TPSA) is 53.0 Å². The van der Waals surface area contributed by atoms with Crippen LogP contribution in [0.2, 0.25) is 0 Å². The predicted octanol–water partition coefficient (Wildman–Crippen LogP) is 5.20. The molecule has 7 heteroatoms. The van der Waals surface area contributed by atoms with Gasteiger partial charge in [-0.25, -0.2) is 4.39 Å². The third-order valence-corrected chi connectivity index (χ3v) is 7.51. The normalized spacial score (nSPS) is 15.7. The molecule has 0 bridgehead atoms. The van der Waals surface area contributed by atoms with Crippen LogP contribution in [0.1, 0.15) is 34.3 Å². The lowest BCUT2D eigenvalue weighted by Gasteiger charge is -2.40. The van der Waals surface area contributed by atoms with E-state index >= 15 is 0 Å². The molecule has 2 heterocycles. The van der Waals surface area contributed by atoms with Crippen LogP contribution in [0.25, 0.3) is 0 Å². The van der Waals surface area contributed by atoms with Crippen LogP contribution in [-0.2, 0) is 13.0 Å². The van der Waals surface area contributed by atoms with Crippen LogP contribution >= 0.6 is 11.3 Å². The number of aromatic hydroxyl groups is 1. The number of rotatable bonds is 8. The van der Waals surface area contributed by atoms with Gasteiger partial charge in [0.15, 0.2) is 0 Å². The van der Waals surface area contributed by atoms with Crippen molar-refractivity contribution in [1.82, 2.24) is 9.80 Å². The summed E-state index contributed by atoms with van der Waals surface area (Å²) in [4.78, 5) is 17.3. The first-order chi connectivity index (χ1) is 16.5. The molecule has 1 N–H and O–H groups in total. The summed E-state index contributed by atoms with van der Waals surface area (Å²) in [6, 6.07) is 13.9. The maximum absolute atomic E-state index is 14.5. The number of methoxy groups -OCH3 is 1. The molecule has 0 radical (unpaired) electrons.